The van der Waals surface area contributed by atoms with Crippen molar-refractivity contribution in [3.05, 3.63) is 29.8 Å². The highest BCUT2D eigenvalue weighted by Gasteiger charge is 2.15. The van der Waals surface area contributed by atoms with Gasteiger partial charge in [0.2, 0.25) is 5.91 Å². The van der Waals surface area contributed by atoms with E-state index in [4.69, 9.17) is 15.9 Å². The first kappa shape index (κ1) is 14.7. The third kappa shape index (κ3) is 4.40. The van der Waals surface area contributed by atoms with Crippen LogP contribution < -0.4 is 11.1 Å². The summed E-state index contributed by atoms with van der Waals surface area (Å²) in [5.74, 6) is -2.82. The molecule has 0 radical (unpaired) electrons. The number of carbonyl (C=O) groups excluding carboxylic acids is 1. The number of nitrogens with two attached hydrogens (primary N) is 1. The van der Waals surface area contributed by atoms with Crippen LogP contribution in [0.2, 0.25) is 0 Å². The summed E-state index contributed by atoms with van der Waals surface area (Å²) in [4.78, 5) is 33.0. The van der Waals surface area contributed by atoms with Gasteiger partial charge in [-0.25, -0.2) is 4.79 Å². The summed E-state index contributed by atoms with van der Waals surface area (Å²) in [6.45, 7) is 0. The topological polar surface area (TPSA) is 130 Å². The van der Waals surface area contributed by atoms with Gasteiger partial charge in [0, 0.05) is 6.42 Å². The van der Waals surface area contributed by atoms with Gasteiger partial charge < -0.3 is 21.3 Å². The van der Waals surface area contributed by atoms with Crippen LogP contribution in [0, 0.1) is 0 Å². The number of amides is 1. The van der Waals surface area contributed by atoms with Gasteiger partial charge in [-0.3, -0.25) is 9.59 Å². The molecule has 7 nitrogen and oxygen atoms in total. The van der Waals surface area contributed by atoms with Crippen molar-refractivity contribution in [1.82, 2.24) is 0 Å². The number of hydrogen-bond donors (Lipinski definition) is 4. The minimum atomic E-state index is -1.18. The summed E-state index contributed by atoms with van der Waals surface area (Å²) in [5, 5.41) is 19.9. The minimum Gasteiger partial charge on any atom is -0.480 e. The van der Waals surface area contributed by atoms with Crippen LogP contribution in [0.1, 0.15) is 23.2 Å². The first-order valence-corrected chi connectivity index (χ1v) is 5.52. The lowest BCUT2D eigenvalue weighted by Crippen LogP contribution is -2.31. The second kappa shape index (κ2) is 6.50. The maximum Gasteiger partial charge on any atom is 0.337 e. The van der Waals surface area contributed by atoms with E-state index >= 15 is 0 Å². The highest BCUT2D eigenvalue weighted by Crippen LogP contribution is 2.15. The summed E-state index contributed by atoms with van der Waals surface area (Å²) in [6, 6.07) is 4.84. The molecule has 7 heteroatoms. The maximum atomic E-state index is 11.6. The molecule has 0 aliphatic rings. The van der Waals surface area contributed by atoms with Crippen LogP contribution in [-0.4, -0.2) is 34.1 Å². The fourth-order valence-electron chi connectivity index (χ4n) is 1.40. The Hall–Kier alpha value is -2.41. The first-order chi connectivity index (χ1) is 8.91. The van der Waals surface area contributed by atoms with Gasteiger partial charge in [-0.05, 0) is 18.6 Å². The molecular formula is C12H14N2O5. The summed E-state index contributed by atoms with van der Waals surface area (Å²) < 4.78 is 0. The van der Waals surface area contributed by atoms with E-state index in [-0.39, 0.29) is 24.1 Å². The van der Waals surface area contributed by atoms with Gasteiger partial charge >= 0.3 is 11.9 Å². The van der Waals surface area contributed by atoms with E-state index in [0.717, 1.165) is 0 Å². The van der Waals surface area contributed by atoms with Gasteiger partial charge in [0.15, 0.2) is 0 Å². The Kier molecular flexibility index (Phi) is 5.01. The molecule has 0 saturated carbocycles. The molecular weight excluding hydrogens is 252 g/mol. The van der Waals surface area contributed by atoms with E-state index in [1.807, 2.05) is 0 Å². The number of carboxylic acids is 2. The van der Waals surface area contributed by atoms with Gasteiger partial charge in [-0.15, -0.1) is 0 Å². The van der Waals surface area contributed by atoms with Crippen molar-refractivity contribution in [3.63, 3.8) is 0 Å². The molecule has 1 atom stereocenters. The normalized spacial score (nSPS) is 11.6. The smallest absolute Gasteiger partial charge is 0.337 e. The van der Waals surface area contributed by atoms with E-state index < -0.39 is 23.9 Å². The van der Waals surface area contributed by atoms with E-state index in [1.165, 1.54) is 12.1 Å². The number of aliphatic carboxylic acids is 1. The predicted octanol–water partition coefficient (Wildman–Crippen LogP) is 0.515. The third-order valence-electron chi connectivity index (χ3n) is 2.43. The molecule has 102 valence electrons. The SMILES string of the molecule is N[C@@H](CCC(=O)Nc1ccccc1C(=O)O)C(=O)O. The summed E-state index contributed by atoms with van der Waals surface area (Å²) >= 11 is 0. The Bertz CT molecular complexity index is 501. The van der Waals surface area contributed by atoms with E-state index in [1.54, 1.807) is 12.1 Å². The number of rotatable bonds is 6. The molecule has 1 aromatic carbocycles. The van der Waals surface area contributed by atoms with Crippen LogP contribution >= 0.6 is 0 Å². The third-order valence-corrected chi connectivity index (χ3v) is 2.43. The minimum absolute atomic E-state index is 0.0175. The van der Waals surface area contributed by atoms with Crippen molar-refractivity contribution in [3.8, 4) is 0 Å². The van der Waals surface area contributed by atoms with Crippen molar-refractivity contribution < 1.29 is 24.6 Å². The molecule has 1 amide bonds. The van der Waals surface area contributed by atoms with Crippen LogP contribution in [-0.2, 0) is 9.59 Å². The number of benzene rings is 1. The Morgan fingerprint density at radius 2 is 1.84 bits per heavy atom. The van der Waals surface area contributed by atoms with Gasteiger partial charge in [0.1, 0.15) is 6.04 Å². The zero-order chi connectivity index (χ0) is 14.4. The lowest BCUT2D eigenvalue weighted by molar-refractivity contribution is -0.138. The lowest BCUT2D eigenvalue weighted by Gasteiger charge is -2.09. The maximum absolute atomic E-state index is 11.6. The average molecular weight is 266 g/mol. The molecule has 0 spiro atoms. The van der Waals surface area contributed by atoms with Crippen molar-refractivity contribution in [2.75, 3.05) is 5.32 Å². The average Bonchev–Trinajstić information content (AvgIpc) is 2.36. The van der Waals surface area contributed by atoms with Crippen LogP contribution in [0.5, 0.6) is 0 Å². The standard InChI is InChI=1S/C12H14N2O5/c13-8(12(18)19)5-6-10(15)14-9-4-2-1-3-7(9)11(16)17/h1-4,8H,5-6,13H2,(H,14,15)(H,16,17)(H,18,19)/t8-/m0/s1. The Labute approximate surface area is 109 Å². The van der Waals surface area contributed by atoms with Crippen molar-refractivity contribution in [2.45, 2.75) is 18.9 Å². The molecule has 0 unspecified atom stereocenters. The number of anilines is 1. The molecule has 5 N–H and O–H groups in total. The molecule has 0 bridgehead atoms. The largest absolute Gasteiger partial charge is 0.480 e. The summed E-state index contributed by atoms with van der Waals surface area (Å²) in [6.07, 6.45) is -0.113. The zero-order valence-corrected chi connectivity index (χ0v) is 10.00. The molecule has 0 heterocycles. The number of hydrogen-bond acceptors (Lipinski definition) is 4. The number of para-hydroxylation sites is 1. The monoisotopic (exact) mass is 266 g/mol. The lowest BCUT2D eigenvalue weighted by atomic mass is 10.1. The van der Waals surface area contributed by atoms with Crippen LogP contribution in [0.25, 0.3) is 0 Å². The quantitative estimate of drug-likeness (QED) is 0.593. The molecule has 1 aromatic rings. The predicted molar refractivity (Wildman–Crippen MR) is 66.9 cm³/mol. The molecule has 0 saturated heterocycles. The van der Waals surface area contributed by atoms with Crippen LogP contribution in [0.3, 0.4) is 0 Å². The number of aromatic carboxylic acids is 1. The van der Waals surface area contributed by atoms with Crippen molar-refractivity contribution in [1.29, 1.82) is 0 Å². The zero-order valence-electron chi connectivity index (χ0n) is 10.00. The fourth-order valence-corrected chi connectivity index (χ4v) is 1.40. The van der Waals surface area contributed by atoms with Crippen molar-refractivity contribution >= 4 is 23.5 Å². The van der Waals surface area contributed by atoms with Crippen LogP contribution in [0.4, 0.5) is 5.69 Å². The van der Waals surface area contributed by atoms with Gasteiger partial charge in [-0.2, -0.15) is 0 Å². The number of carbonyl (C=O) groups is 3. The molecule has 0 fully saturated rings. The molecule has 1 rings (SSSR count). The highest BCUT2D eigenvalue weighted by atomic mass is 16.4. The Balaban J connectivity index is 2.63. The summed E-state index contributed by atoms with van der Waals surface area (Å²) in [7, 11) is 0. The molecule has 0 aromatic heterocycles. The number of carboxylic acid groups (broad SMARTS) is 2. The summed E-state index contributed by atoms with van der Waals surface area (Å²) in [5.41, 5.74) is 5.40. The molecule has 0 aliphatic heterocycles. The number of nitrogens with one attached hydrogen (secondary N) is 1. The second-order valence-electron chi connectivity index (χ2n) is 3.88. The van der Waals surface area contributed by atoms with Crippen molar-refractivity contribution in [2.24, 2.45) is 5.73 Å². The van der Waals surface area contributed by atoms with E-state index in [2.05, 4.69) is 5.32 Å². The fraction of sp³-hybridized carbons (Fsp3) is 0.250. The first-order valence-electron chi connectivity index (χ1n) is 5.52. The van der Waals surface area contributed by atoms with E-state index in [0.29, 0.717) is 0 Å². The Morgan fingerprint density at radius 3 is 2.42 bits per heavy atom. The molecule has 0 aliphatic carbocycles. The van der Waals surface area contributed by atoms with E-state index in [9.17, 15) is 14.4 Å². The van der Waals surface area contributed by atoms with Gasteiger partial charge in [0.25, 0.3) is 0 Å². The highest BCUT2D eigenvalue weighted by molar-refractivity contribution is 6.00. The molecule has 19 heavy (non-hydrogen) atoms. The Morgan fingerprint density at radius 1 is 1.21 bits per heavy atom. The van der Waals surface area contributed by atoms with Crippen LogP contribution in [0.15, 0.2) is 24.3 Å². The van der Waals surface area contributed by atoms with Gasteiger partial charge in [0.05, 0.1) is 11.3 Å². The van der Waals surface area contributed by atoms with Gasteiger partial charge in [-0.1, -0.05) is 12.1 Å². The second-order valence-corrected chi connectivity index (χ2v) is 3.88.